The van der Waals surface area contributed by atoms with Crippen molar-refractivity contribution in [3.8, 4) is 0 Å². The second-order valence-electron chi connectivity index (χ2n) is 5.34. The molecule has 0 aliphatic heterocycles. The highest BCUT2D eigenvalue weighted by Crippen LogP contribution is 2.28. The Morgan fingerprint density at radius 3 is 2.43 bits per heavy atom. The van der Waals surface area contributed by atoms with Crippen LogP contribution in [0.15, 0.2) is 5.38 Å². The zero-order chi connectivity index (χ0) is 15.6. The van der Waals surface area contributed by atoms with Crippen molar-refractivity contribution in [1.29, 1.82) is 0 Å². The van der Waals surface area contributed by atoms with Crippen LogP contribution in [0.2, 0.25) is 0 Å². The van der Waals surface area contributed by atoms with Crippen LogP contribution >= 0.6 is 22.7 Å². The molecule has 2 heterocycles. The lowest BCUT2D eigenvalue weighted by atomic mass is 9.98. The van der Waals surface area contributed by atoms with Crippen molar-refractivity contribution in [2.45, 2.75) is 33.1 Å². The van der Waals surface area contributed by atoms with Gasteiger partial charge in [-0.05, 0) is 0 Å². The summed E-state index contributed by atoms with van der Waals surface area (Å²) < 4.78 is 0. The molecular weight excluding hydrogens is 310 g/mol. The van der Waals surface area contributed by atoms with Gasteiger partial charge in [0.1, 0.15) is 10.7 Å². The number of anilines is 2. The molecule has 0 aliphatic carbocycles. The van der Waals surface area contributed by atoms with Gasteiger partial charge in [0.05, 0.1) is 0 Å². The predicted octanol–water partition coefficient (Wildman–Crippen LogP) is 2.50. The van der Waals surface area contributed by atoms with Crippen molar-refractivity contribution in [3.63, 3.8) is 0 Å². The van der Waals surface area contributed by atoms with Gasteiger partial charge in [-0.2, -0.15) is 0 Å². The number of carbonyl (C=O) groups excluding carboxylic acids is 2. The van der Waals surface area contributed by atoms with Crippen molar-refractivity contribution < 1.29 is 9.59 Å². The van der Waals surface area contributed by atoms with E-state index in [1.54, 1.807) is 5.38 Å². The lowest BCUT2D eigenvalue weighted by Crippen LogP contribution is -2.13. The molecule has 0 fully saturated rings. The number of nitrogens with zero attached hydrogens (tertiary/aromatic N) is 3. The lowest BCUT2D eigenvalue weighted by molar-refractivity contribution is -0.114. The summed E-state index contributed by atoms with van der Waals surface area (Å²) in [6.07, 6.45) is 0. The quantitative estimate of drug-likeness (QED) is 0.903. The SMILES string of the molecule is CC(=O)Nc1nc(C(=O)Nc2nnc(C(C)(C)C)s2)cs1. The molecule has 2 amide bonds. The molecule has 112 valence electrons. The maximum absolute atomic E-state index is 12.0. The van der Waals surface area contributed by atoms with Gasteiger partial charge in [-0.1, -0.05) is 32.1 Å². The Labute approximate surface area is 129 Å². The molecule has 2 aromatic rings. The Balaban J connectivity index is 2.06. The van der Waals surface area contributed by atoms with Gasteiger partial charge < -0.3 is 5.32 Å². The smallest absolute Gasteiger partial charge is 0.277 e. The van der Waals surface area contributed by atoms with Gasteiger partial charge >= 0.3 is 0 Å². The minimum atomic E-state index is -0.375. The van der Waals surface area contributed by atoms with Gasteiger partial charge in [-0.15, -0.1) is 21.5 Å². The molecule has 0 saturated carbocycles. The van der Waals surface area contributed by atoms with E-state index in [0.29, 0.717) is 10.3 Å². The minimum Gasteiger partial charge on any atom is -0.302 e. The first-order chi connectivity index (χ1) is 9.75. The van der Waals surface area contributed by atoms with Gasteiger partial charge in [-0.3, -0.25) is 14.9 Å². The Morgan fingerprint density at radius 2 is 1.86 bits per heavy atom. The molecule has 0 unspecified atom stereocenters. The van der Waals surface area contributed by atoms with Crippen LogP contribution in [-0.2, 0) is 10.2 Å². The summed E-state index contributed by atoms with van der Waals surface area (Å²) in [6.45, 7) is 7.47. The van der Waals surface area contributed by atoms with Gasteiger partial charge in [-0.25, -0.2) is 4.98 Å². The molecule has 0 aliphatic rings. The Morgan fingerprint density at radius 1 is 1.14 bits per heavy atom. The monoisotopic (exact) mass is 325 g/mol. The third-order valence-corrected chi connectivity index (χ3v) is 4.33. The highest BCUT2D eigenvalue weighted by atomic mass is 32.1. The molecule has 0 spiro atoms. The standard InChI is InChI=1S/C12H15N5O2S2/c1-6(18)13-10-14-7(5-20-10)8(19)15-11-17-16-9(21-11)12(2,3)4/h5H,1-4H3,(H,13,14,18)(H,15,17,19). The van der Waals surface area contributed by atoms with E-state index in [-0.39, 0.29) is 22.9 Å². The van der Waals surface area contributed by atoms with Gasteiger partial charge in [0, 0.05) is 17.7 Å². The largest absolute Gasteiger partial charge is 0.302 e. The molecule has 0 bridgehead atoms. The average molecular weight is 325 g/mol. The Hall–Kier alpha value is -1.87. The first kappa shape index (κ1) is 15.5. The van der Waals surface area contributed by atoms with E-state index in [1.807, 2.05) is 20.8 Å². The normalized spacial score (nSPS) is 11.2. The van der Waals surface area contributed by atoms with E-state index < -0.39 is 0 Å². The average Bonchev–Trinajstić information content (AvgIpc) is 2.96. The van der Waals surface area contributed by atoms with Crippen LogP contribution < -0.4 is 10.6 Å². The number of carbonyl (C=O) groups is 2. The van der Waals surface area contributed by atoms with Crippen molar-refractivity contribution in [3.05, 3.63) is 16.1 Å². The Kier molecular flexibility index (Phi) is 4.33. The number of rotatable bonds is 3. The molecule has 0 atom stereocenters. The number of thiazole rings is 1. The topological polar surface area (TPSA) is 96.9 Å². The summed E-state index contributed by atoms with van der Waals surface area (Å²) in [5, 5.41) is 16.4. The predicted molar refractivity (Wildman–Crippen MR) is 83.0 cm³/mol. The summed E-state index contributed by atoms with van der Waals surface area (Å²) in [5.74, 6) is -0.602. The third-order valence-electron chi connectivity index (χ3n) is 2.31. The van der Waals surface area contributed by atoms with E-state index in [0.717, 1.165) is 5.01 Å². The van der Waals surface area contributed by atoms with Crippen LogP contribution in [0.25, 0.3) is 0 Å². The second-order valence-corrected chi connectivity index (χ2v) is 7.17. The molecule has 7 nitrogen and oxygen atoms in total. The van der Waals surface area contributed by atoms with Gasteiger partial charge in [0.25, 0.3) is 5.91 Å². The van der Waals surface area contributed by atoms with Crippen LogP contribution in [-0.4, -0.2) is 27.0 Å². The highest BCUT2D eigenvalue weighted by Gasteiger charge is 2.20. The number of hydrogen-bond donors (Lipinski definition) is 2. The fourth-order valence-electron chi connectivity index (χ4n) is 1.32. The van der Waals surface area contributed by atoms with Crippen LogP contribution in [0.5, 0.6) is 0 Å². The van der Waals surface area contributed by atoms with Crippen molar-refractivity contribution in [1.82, 2.24) is 15.2 Å². The molecular formula is C12H15N5O2S2. The van der Waals surface area contributed by atoms with Gasteiger partial charge in [0.2, 0.25) is 11.0 Å². The van der Waals surface area contributed by atoms with Crippen LogP contribution in [0.3, 0.4) is 0 Å². The molecule has 2 aromatic heterocycles. The van der Waals surface area contributed by atoms with Crippen molar-refractivity contribution in [2.75, 3.05) is 10.6 Å². The van der Waals surface area contributed by atoms with Crippen molar-refractivity contribution >= 4 is 44.8 Å². The third kappa shape index (κ3) is 4.05. The van der Waals surface area contributed by atoms with E-state index in [4.69, 9.17) is 0 Å². The molecule has 0 saturated heterocycles. The zero-order valence-electron chi connectivity index (χ0n) is 12.1. The summed E-state index contributed by atoms with van der Waals surface area (Å²) in [4.78, 5) is 27.0. The molecule has 2 rings (SSSR count). The molecule has 21 heavy (non-hydrogen) atoms. The fraction of sp³-hybridized carbons (Fsp3) is 0.417. The highest BCUT2D eigenvalue weighted by molar-refractivity contribution is 7.15. The lowest BCUT2D eigenvalue weighted by Gasteiger charge is -2.12. The van der Waals surface area contributed by atoms with Crippen LogP contribution in [0.4, 0.5) is 10.3 Å². The molecule has 0 radical (unpaired) electrons. The second kappa shape index (κ2) is 5.86. The van der Waals surface area contributed by atoms with E-state index in [9.17, 15) is 9.59 Å². The first-order valence-corrected chi connectivity index (χ1v) is 7.84. The minimum absolute atomic E-state index is 0.111. The number of aromatic nitrogens is 3. The van der Waals surface area contributed by atoms with E-state index in [2.05, 4.69) is 25.8 Å². The van der Waals surface area contributed by atoms with E-state index >= 15 is 0 Å². The first-order valence-electron chi connectivity index (χ1n) is 6.14. The summed E-state index contributed by atoms with van der Waals surface area (Å²) in [6, 6.07) is 0. The van der Waals surface area contributed by atoms with Gasteiger partial charge in [0.15, 0.2) is 5.13 Å². The van der Waals surface area contributed by atoms with E-state index in [1.165, 1.54) is 29.6 Å². The summed E-state index contributed by atoms with van der Waals surface area (Å²) in [7, 11) is 0. The summed E-state index contributed by atoms with van der Waals surface area (Å²) >= 11 is 2.52. The Bertz CT molecular complexity index is 671. The van der Waals surface area contributed by atoms with Crippen LogP contribution in [0, 0.1) is 0 Å². The summed E-state index contributed by atoms with van der Waals surface area (Å²) in [5.41, 5.74) is 0.121. The number of hydrogen-bond acceptors (Lipinski definition) is 7. The number of amides is 2. The molecule has 2 N–H and O–H groups in total. The maximum atomic E-state index is 12.0. The van der Waals surface area contributed by atoms with Crippen LogP contribution in [0.1, 0.15) is 43.2 Å². The zero-order valence-corrected chi connectivity index (χ0v) is 13.7. The maximum Gasteiger partial charge on any atom is 0.277 e. The number of nitrogens with one attached hydrogen (secondary N) is 2. The fourth-order valence-corrected chi connectivity index (χ4v) is 2.86. The molecule has 0 aromatic carbocycles. The van der Waals surface area contributed by atoms with Crippen molar-refractivity contribution in [2.24, 2.45) is 0 Å². The molecule has 9 heteroatoms.